The van der Waals surface area contributed by atoms with Crippen molar-refractivity contribution in [3.8, 4) is 94.7 Å². The van der Waals surface area contributed by atoms with Crippen LogP contribution in [0.15, 0.2) is 369 Å². The van der Waals surface area contributed by atoms with Crippen LogP contribution in [0.1, 0.15) is 61.4 Å². The largest absolute Gasteiger partial charge is 0.456 e. The molecule has 0 fully saturated rings. The molecule has 4 aliphatic rings. The molecule has 0 atom stereocenters. The summed E-state index contributed by atoms with van der Waals surface area (Å²) in [6, 6.07) is 133. The van der Waals surface area contributed by atoms with Crippen LogP contribution in [0.2, 0.25) is 0 Å². The van der Waals surface area contributed by atoms with E-state index in [1.54, 1.807) is 6.08 Å². The molecule has 0 aliphatic heterocycles. The Morgan fingerprint density at radius 1 is 0.318 bits per heavy atom. The van der Waals surface area contributed by atoms with Gasteiger partial charge in [0.05, 0.1) is 39.3 Å². The highest BCUT2D eigenvalue weighted by atomic mass is 32.1. The Kier molecular flexibility index (Phi) is 13.6. The van der Waals surface area contributed by atoms with Gasteiger partial charge in [0.15, 0.2) is 0 Å². The average molecular weight is 1420 g/mol. The first-order valence-corrected chi connectivity index (χ1v) is 38.4. The van der Waals surface area contributed by atoms with Crippen LogP contribution >= 0.6 is 11.7 Å². The van der Waals surface area contributed by atoms with Gasteiger partial charge >= 0.3 is 0 Å². The molecule has 0 radical (unpaired) electrons. The molecule has 6 heteroatoms. The van der Waals surface area contributed by atoms with E-state index in [2.05, 4.69) is 368 Å². The molecule has 4 aliphatic carbocycles. The van der Waals surface area contributed by atoms with E-state index >= 15 is 0 Å². The van der Waals surface area contributed by atoms with E-state index < -0.39 is 10.8 Å². The second-order valence-corrected chi connectivity index (χ2v) is 30.0. The van der Waals surface area contributed by atoms with E-state index in [9.17, 15) is 0 Å². The molecule has 2 spiro atoms. The minimum atomic E-state index is -0.462. The summed E-state index contributed by atoms with van der Waals surface area (Å²) in [5.41, 5.74) is 40.1. The van der Waals surface area contributed by atoms with Crippen LogP contribution < -0.4 is 4.90 Å². The van der Waals surface area contributed by atoms with Gasteiger partial charge in [-0.1, -0.05) is 280 Å². The molecule has 110 heavy (non-hydrogen) atoms. The molecule has 512 valence electrons. The zero-order valence-corrected chi connectivity index (χ0v) is 60.4. The Morgan fingerprint density at radius 3 is 1.23 bits per heavy atom. The predicted molar refractivity (Wildman–Crippen MR) is 456 cm³/mol. The second kappa shape index (κ2) is 24.0. The number of fused-ring (bicyclic) bond motifs is 25. The van der Waals surface area contributed by atoms with Crippen molar-refractivity contribution < 1.29 is 4.42 Å². The molecule has 3 heterocycles. The minimum absolute atomic E-state index is 0.462. The van der Waals surface area contributed by atoms with Crippen LogP contribution in [-0.2, 0) is 10.8 Å². The number of aromatic nitrogens is 3. The predicted octanol–water partition coefficient (Wildman–Crippen LogP) is 27.2. The van der Waals surface area contributed by atoms with Crippen LogP contribution in [0.5, 0.6) is 0 Å². The molecular weight excluding hydrogens is 1350 g/mol. The SMILES string of the molecule is C=Cc1oc2ccccc2c1/C=C/c1ccc(N(c2ccc(-c3ccccc3)cc2)c2ccc(-c3ccc(-n4c5ccc(-c6ccc7c(c6)C6(c8ccccc8-c8ccccc86)c6ccccc6-7)cc5c5cc(-c6ccc7c(c6)C6(c8ccccc8-c8ccccc86)c6ccccc6-7)ccc54)cc3)c3nsnc23)cc1. The van der Waals surface area contributed by atoms with Crippen molar-refractivity contribution in [3.63, 3.8) is 0 Å². The maximum atomic E-state index is 6.15. The molecule has 23 rings (SSSR count). The third kappa shape index (κ3) is 8.85. The first-order chi connectivity index (χ1) is 54.5. The molecule has 0 N–H and O–H groups in total. The summed E-state index contributed by atoms with van der Waals surface area (Å²) in [6.07, 6.45) is 6.04. The maximum absolute atomic E-state index is 6.15. The molecule has 5 nitrogen and oxygen atoms in total. The molecular formula is C104H64N4OS. The number of furan rings is 1. The van der Waals surface area contributed by atoms with Gasteiger partial charge in [0.2, 0.25) is 0 Å². The quantitative estimate of drug-likeness (QED) is 0.129. The van der Waals surface area contributed by atoms with Crippen LogP contribution in [0.3, 0.4) is 0 Å². The highest BCUT2D eigenvalue weighted by Crippen LogP contribution is 2.65. The Morgan fingerprint density at radius 2 is 0.718 bits per heavy atom. The van der Waals surface area contributed by atoms with Gasteiger partial charge in [-0.2, -0.15) is 8.75 Å². The number of benzene rings is 16. The van der Waals surface area contributed by atoms with Crippen molar-refractivity contribution in [2.24, 2.45) is 0 Å². The van der Waals surface area contributed by atoms with Crippen molar-refractivity contribution in [2.45, 2.75) is 10.8 Å². The van der Waals surface area contributed by atoms with Crippen LogP contribution in [0.25, 0.3) is 157 Å². The zero-order chi connectivity index (χ0) is 72.3. The first kappa shape index (κ1) is 62.2. The lowest BCUT2D eigenvalue weighted by atomic mass is 9.70. The number of para-hydroxylation sites is 1. The topological polar surface area (TPSA) is 47.1 Å². The summed E-state index contributed by atoms with van der Waals surface area (Å²) in [7, 11) is 0. The second-order valence-electron chi connectivity index (χ2n) is 29.5. The Bertz CT molecular complexity index is 6730. The fourth-order valence-corrected chi connectivity index (χ4v) is 20.0. The lowest BCUT2D eigenvalue weighted by Crippen LogP contribution is -2.25. The Balaban J connectivity index is 0.655. The van der Waals surface area contributed by atoms with Crippen molar-refractivity contribution in [2.75, 3.05) is 4.90 Å². The van der Waals surface area contributed by atoms with Gasteiger partial charge in [-0.25, -0.2) is 0 Å². The molecule has 19 aromatic rings. The number of rotatable bonds is 11. The van der Waals surface area contributed by atoms with Crippen LogP contribution in [0.4, 0.5) is 17.1 Å². The van der Waals surface area contributed by atoms with E-state index in [-0.39, 0.29) is 0 Å². The highest BCUT2D eigenvalue weighted by Gasteiger charge is 2.53. The Hall–Kier alpha value is -14.0. The molecule has 0 amide bonds. The van der Waals surface area contributed by atoms with Crippen LogP contribution in [-0.4, -0.2) is 13.3 Å². The lowest BCUT2D eigenvalue weighted by Gasteiger charge is -2.30. The fourth-order valence-electron chi connectivity index (χ4n) is 19.4. The van der Waals surface area contributed by atoms with E-state index in [1.807, 2.05) is 18.2 Å². The van der Waals surface area contributed by atoms with Crippen molar-refractivity contribution in [1.29, 1.82) is 0 Å². The number of hydrogen-bond donors (Lipinski definition) is 0. The first-order valence-electron chi connectivity index (χ1n) is 37.7. The van der Waals surface area contributed by atoms with Crippen LogP contribution in [0, 0.1) is 0 Å². The van der Waals surface area contributed by atoms with Crippen molar-refractivity contribution in [1.82, 2.24) is 13.3 Å². The number of hydrogen-bond acceptors (Lipinski definition) is 5. The molecule has 0 saturated carbocycles. The summed E-state index contributed by atoms with van der Waals surface area (Å²) in [6.45, 7) is 4.05. The van der Waals surface area contributed by atoms with Gasteiger partial charge in [0.1, 0.15) is 22.4 Å². The normalized spacial score (nSPS) is 13.4. The lowest BCUT2D eigenvalue weighted by molar-refractivity contribution is 0.603. The standard InChI is InChI=1S/C104H64N4OS/c1-2-99-85(84-28-12-19-35-100(84)109-99)53-38-64-36-47-72(48-37-64)107(73-49-39-66(40-50-73)65-20-4-3-5-21-65)98-59-56-75(101-102(98)106-110-105-101)67-41-51-74(52-42-67)108-96-57-45-68(70-43-54-82-80-26-10-17-33-92(80)103(94(82)62-70)88-29-13-6-22-76(88)77-23-7-14-30-89(77)103)60-86(96)87-61-69(46-58-97(87)108)71-44-55-83-81-27-11-18-34-93(81)104(95(83)63-71)90-31-15-8-24-78(90)79-25-9-16-32-91(79)104/h2-63H,1H2/b53-38+. The van der Waals surface area contributed by atoms with Gasteiger partial charge in [-0.15, -0.1) is 0 Å². The maximum Gasteiger partial charge on any atom is 0.135 e. The van der Waals surface area contributed by atoms with Gasteiger partial charge in [-0.05, 0) is 237 Å². The van der Waals surface area contributed by atoms with Gasteiger partial charge in [0.25, 0.3) is 0 Å². The minimum Gasteiger partial charge on any atom is -0.456 e. The van der Waals surface area contributed by atoms with Gasteiger partial charge < -0.3 is 13.9 Å². The van der Waals surface area contributed by atoms with E-state index in [1.165, 1.54) is 134 Å². The fraction of sp³-hybridized carbons (Fsp3) is 0.0192. The monoisotopic (exact) mass is 1420 g/mol. The number of nitrogens with zero attached hydrogens (tertiary/aromatic N) is 4. The highest BCUT2D eigenvalue weighted by molar-refractivity contribution is 7.00. The number of anilines is 3. The zero-order valence-electron chi connectivity index (χ0n) is 59.6. The summed E-state index contributed by atoms with van der Waals surface area (Å²) >= 11 is 1.25. The Labute approximate surface area is 640 Å². The summed E-state index contributed by atoms with van der Waals surface area (Å²) in [4.78, 5) is 2.30. The van der Waals surface area contributed by atoms with Crippen molar-refractivity contribution >= 4 is 90.8 Å². The molecule has 0 saturated heterocycles. The summed E-state index contributed by atoms with van der Waals surface area (Å²) in [5.74, 6) is 0.751. The molecule has 16 aromatic carbocycles. The smallest absolute Gasteiger partial charge is 0.135 e. The molecule has 0 bridgehead atoms. The van der Waals surface area contributed by atoms with Gasteiger partial charge in [0, 0.05) is 44.3 Å². The van der Waals surface area contributed by atoms with Gasteiger partial charge in [-0.3, -0.25) is 0 Å². The summed E-state index contributed by atoms with van der Waals surface area (Å²) in [5, 5.41) is 3.42. The van der Waals surface area contributed by atoms with E-state index in [4.69, 9.17) is 13.2 Å². The van der Waals surface area contributed by atoms with E-state index in [0.29, 0.717) is 0 Å². The molecule has 3 aromatic heterocycles. The van der Waals surface area contributed by atoms with Crippen molar-refractivity contribution in [3.05, 3.63) is 426 Å². The third-order valence-electron chi connectivity index (χ3n) is 24.2. The molecule has 0 unspecified atom stereocenters. The van der Waals surface area contributed by atoms with E-state index in [0.717, 1.165) is 94.9 Å². The summed E-state index contributed by atoms with van der Waals surface area (Å²) < 4.78 is 18.9. The average Bonchev–Trinajstić information content (AvgIpc) is 1.51. The third-order valence-corrected chi connectivity index (χ3v) is 24.7.